The number of anilines is 1. The molecule has 0 aliphatic heterocycles. The monoisotopic (exact) mass is 285 g/mol. The molecule has 18 heavy (non-hydrogen) atoms. The largest absolute Gasteiger partial charge is 0.338 e. The number of rotatable bonds is 4. The summed E-state index contributed by atoms with van der Waals surface area (Å²) in [5.74, 6) is 0.494. The Labute approximate surface area is 113 Å². The van der Waals surface area contributed by atoms with Gasteiger partial charge in [0.15, 0.2) is 5.82 Å². The number of aromatic nitrogens is 2. The standard InChI is InChI=1S/C11H9Cl2N3O2/c12-6-11-15-9(16-18-11)5-10(17)14-8-3-1-7(13)2-4-8/h1-4H,5-6H2,(H,14,17). The van der Waals surface area contributed by atoms with Crippen LogP contribution in [-0.4, -0.2) is 16.0 Å². The summed E-state index contributed by atoms with van der Waals surface area (Å²) in [4.78, 5) is 15.6. The Bertz CT molecular complexity index is 539. The molecule has 0 unspecified atom stereocenters. The molecule has 1 aromatic carbocycles. The van der Waals surface area contributed by atoms with E-state index in [1.165, 1.54) is 0 Å². The van der Waals surface area contributed by atoms with Gasteiger partial charge in [-0.15, -0.1) is 11.6 Å². The lowest BCUT2D eigenvalue weighted by Gasteiger charge is -2.02. The van der Waals surface area contributed by atoms with Gasteiger partial charge in [-0.2, -0.15) is 4.98 Å². The first-order valence-corrected chi connectivity index (χ1v) is 6.01. The van der Waals surface area contributed by atoms with Crippen LogP contribution in [0.25, 0.3) is 0 Å². The molecule has 2 aromatic rings. The topological polar surface area (TPSA) is 68.0 Å². The van der Waals surface area contributed by atoms with E-state index in [2.05, 4.69) is 15.5 Å². The fourth-order valence-corrected chi connectivity index (χ4v) is 1.53. The molecule has 1 N–H and O–H groups in total. The molecule has 0 aliphatic rings. The average molecular weight is 286 g/mol. The van der Waals surface area contributed by atoms with E-state index in [0.29, 0.717) is 22.4 Å². The first kappa shape index (κ1) is 12.9. The molecule has 1 amide bonds. The Morgan fingerprint density at radius 2 is 2.06 bits per heavy atom. The van der Waals surface area contributed by atoms with Gasteiger partial charge in [-0.1, -0.05) is 16.8 Å². The second kappa shape index (κ2) is 5.84. The zero-order valence-electron chi connectivity index (χ0n) is 9.19. The van der Waals surface area contributed by atoms with Crippen molar-refractivity contribution in [1.82, 2.24) is 10.1 Å². The van der Waals surface area contributed by atoms with E-state index in [-0.39, 0.29) is 18.2 Å². The number of nitrogens with one attached hydrogen (secondary N) is 1. The molecule has 0 fully saturated rings. The molecule has 0 spiro atoms. The average Bonchev–Trinajstić information content (AvgIpc) is 2.79. The summed E-state index contributed by atoms with van der Waals surface area (Å²) in [5, 5.41) is 6.93. The summed E-state index contributed by atoms with van der Waals surface area (Å²) in [7, 11) is 0. The first-order chi connectivity index (χ1) is 8.67. The van der Waals surface area contributed by atoms with E-state index < -0.39 is 0 Å². The first-order valence-electron chi connectivity index (χ1n) is 5.10. The number of carbonyl (C=O) groups excluding carboxylic acids is 1. The number of amides is 1. The number of hydrogen-bond donors (Lipinski definition) is 1. The Kier molecular flexibility index (Phi) is 4.17. The van der Waals surface area contributed by atoms with Crippen LogP contribution >= 0.6 is 23.2 Å². The fourth-order valence-electron chi connectivity index (χ4n) is 1.30. The molecule has 7 heteroatoms. The van der Waals surface area contributed by atoms with Crippen molar-refractivity contribution >= 4 is 34.8 Å². The number of halogens is 2. The van der Waals surface area contributed by atoms with E-state index in [4.69, 9.17) is 27.7 Å². The SMILES string of the molecule is O=C(Cc1noc(CCl)n1)Nc1ccc(Cl)cc1. The molecule has 0 bridgehead atoms. The van der Waals surface area contributed by atoms with Gasteiger partial charge in [-0.05, 0) is 24.3 Å². The maximum Gasteiger partial charge on any atom is 0.241 e. The summed E-state index contributed by atoms with van der Waals surface area (Å²) < 4.78 is 4.79. The third-order valence-electron chi connectivity index (χ3n) is 2.07. The highest BCUT2D eigenvalue weighted by atomic mass is 35.5. The molecule has 2 rings (SSSR count). The number of benzene rings is 1. The maximum atomic E-state index is 11.7. The van der Waals surface area contributed by atoms with Gasteiger partial charge >= 0.3 is 0 Å². The van der Waals surface area contributed by atoms with Crippen molar-refractivity contribution in [3.8, 4) is 0 Å². The highest BCUT2D eigenvalue weighted by Gasteiger charge is 2.10. The minimum atomic E-state index is -0.237. The van der Waals surface area contributed by atoms with Gasteiger partial charge in [0.2, 0.25) is 11.8 Å². The second-order valence-electron chi connectivity index (χ2n) is 3.47. The van der Waals surface area contributed by atoms with Gasteiger partial charge in [-0.25, -0.2) is 0 Å². The van der Waals surface area contributed by atoms with Crippen molar-refractivity contribution < 1.29 is 9.32 Å². The van der Waals surface area contributed by atoms with Crippen molar-refractivity contribution in [2.75, 3.05) is 5.32 Å². The third kappa shape index (κ3) is 3.45. The van der Waals surface area contributed by atoms with Crippen molar-refractivity contribution in [1.29, 1.82) is 0 Å². The van der Waals surface area contributed by atoms with E-state index in [9.17, 15) is 4.79 Å². The summed E-state index contributed by atoms with van der Waals surface area (Å²) in [6.45, 7) is 0. The lowest BCUT2D eigenvalue weighted by molar-refractivity contribution is -0.115. The molecule has 0 radical (unpaired) electrons. The van der Waals surface area contributed by atoms with Gasteiger partial charge in [0.25, 0.3) is 0 Å². The predicted molar refractivity (Wildman–Crippen MR) is 67.6 cm³/mol. The summed E-state index contributed by atoms with van der Waals surface area (Å²) >= 11 is 11.3. The van der Waals surface area contributed by atoms with Crippen LogP contribution < -0.4 is 5.32 Å². The molecular weight excluding hydrogens is 277 g/mol. The van der Waals surface area contributed by atoms with Crippen LogP contribution in [0, 0.1) is 0 Å². The fraction of sp³-hybridized carbons (Fsp3) is 0.182. The lowest BCUT2D eigenvalue weighted by Crippen LogP contribution is -2.15. The molecule has 94 valence electrons. The van der Waals surface area contributed by atoms with Gasteiger partial charge in [-0.3, -0.25) is 4.79 Å². The Morgan fingerprint density at radius 3 is 2.67 bits per heavy atom. The highest BCUT2D eigenvalue weighted by molar-refractivity contribution is 6.30. The minimum absolute atomic E-state index is 0.0308. The quantitative estimate of drug-likeness (QED) is 0.877. The molecule has 0 saturated heterocycles. The minimum Gasteiger partial charge on any atom is -0.338 e. The van der Waals surface area contributed by atoms with E-state index in [1.807, 2.05) is 0 Å². The zero-order valence-corrected chi connectivity index (χ0v) is 10.7. The molecule has 0 atom stereocenters. The van der Waals surface area contributed by atoms with Crippen LogP contribution in [0.5, 0.6) is 0 Å². The summed E-state index contributed by atoms with van der Waals surface area (Å²) in [6, 6.07) is 6.80. The van der Waals surface area contributed by atoms with Gasteiger partial charge in [0, 0.05) is 10.7 Å². The van der Waals surface area contributed by atoms with Crippen LogP contribution in [0.1, 0.15) is 11.7 Å². The van der Waals surface area contributed by atoms with Crippen molar-refractivity contribution in [2.45, 2.75) is 12.3 Å². The summed E-state index contributed by atoms with van der Waals surface area (Å²) in [6.07, 6.45) is 0.0308. The Hall–Kier alpha value is -1.59. The van der Waals surface area contributed by atoms with Crippen LogP contribution in [0.4, 0.5) is 5.69 Å². The molecule has 1 aromatic heterocycles. The predicted octanol–water partition coefficient (Wildman–Crippen LogP) is 2.64. The molecule has 1 heterocycles. The molecule has 5 nitrogen and oxygen atoms in total. The Morgan fingerprint density at radius 1 is 1.33 bits per heavy atom. The second-order valence-corrected chi connectivity index (χ2v) is 4.17. The molecule has 0 saturated carbocycles. The van der Waals surface area contributed by atoms with E-state index >= 15 is 0 Å². The van der Waals surface area contributed by atoms with Gasteiger partial charge in [0.1, 0.15) is 5.88 Å². The summed E-state index contributed by atoms with van der Waals surface area (Å²) in [5.41, 5.74) is 0.658. The normalized spacial score (nSPS) is 10.3. The van der Waals surface area contributed by atoms with Crippen LogP contribution in [0.15, 0.2) is 28.8 Å². The third-order valence-corrected chi connectivity index (χ3v) is 2.55. The van der Waals surface area contributed by atoms with Crippen LogP contribution in [-0.2, 0) is 17.1 Å². The van der Waals surface area contributed by atoms with Crippen LogP contribution in [0.3, 0.4) is 0 Å². The molecular formula is C11H9Cl2N3O2. The van der Waals surface area contributed by atoms with Crippen molar-refractivity contribution in [3.63, 3.8) is 0 Å². The number of hydrogen-bond acceptors (Lipinski definition) is 4. The maximum absolute atomic E-state index is 11.7. The van der Waals surface area contributed by atoms with Crippen molar-refractivity contribution in [2.24, 2.45) is 0 Å². The number of nitrogens with zero attached hydrogens (tertiary/aromatic N) is 2. The number of alkyl halides is 1. The van der Waals surface area contributed by atoms with E-state index in [0.717, 1.165) is 0 Å². The number of carbonyl (C=O) groups is 1. The van der Waals surface area contributed by atoms with E-state index in [1.54, 1.807) is 24.3 Å². The molecule has 0 aliphatic carbocycles. The highest BCUT2D eigenvalue weighted by Crippen LogP contribution is 2.13. The zero-order chi connectivity index (χ0) is 13.0. The van der Waals surface area contributed by atoms with Gasteiger partial charge in [0.05, 0.1) is 6.42 Å². The Balaban J connectivity index is 1.94. The van der Waals surface area contributed by atoms with Crippen molar-refractivity contribution in [3.05, 3.63) is 41.0 Å². The van der Waals surface area contributed by atoms with Gasteiger partial charge < -0.3 is 9.84 Å². The van der Waals surface area contributed by atoms with Crippen LogP contribution in [0.2, 0.25) is 5.02 Å². The smallest absolute Gasteiger partial charge is 0.241 e. The lowest BCUT2D eigenvalue weighted by atomic mass is 10.3.